The number of hydrogen-bond donors (Lipinski definition) is 0. The molecule has 1 atom stereocenters. The number of aromatic nitrogens is 1. The molecule has 0 amide bonds. The van der Waals surface area contributed by atoms with Crippen molar-refractivity contribution in [3.8, 4) is 10.6 Å². The van der Waals surface area contributed by atoms with Gasteiger partial charge in [0, 0.05) is 10.9 Å². The van der Waals surface area contributed by atoms with E-state index in [0.717, 1.165) is 22.7 Å². The molecule has 3 nitrogen and oxygen atoms in total. The van der Waals surface area contributed by atoms with Crippen molar-refractivity contribution in [2.45, 2.75) is 26.2 Å². The molecule has 1 aromatic heterocycles. The summed E-state index contributed by atoms with van der Waals surface area (Å²) in [6, 6.07) is 7.39. The highest BCUT2D eigenvalue weighted by Gasteiger charge is 2.11. The van der Waals surface area contributed by atoms with Crippen molar-refractivity contribution in [2.75, 3.05) is 7.11 Å². The van der Waals surface area contributed by atoms with Crippen LogP contribution >= 0.6 is 11.3 Å². The van der Waals surface area contributed by atoms with Gasteiger partial charge in [-0.2, -0.15) is 0 Å². The Hall–Kier alpha value is -1.68. The molecule has 0 bridgehead atoms. The van der Waals surface area contributed by atoms with Gasteiger partial charge in [0.15, 0.2) is 0 Å². The summed E-state index contributed by atoms with van der Waals surface area (Å²) in [6.07, 6.45) is 1.07. The smallest absolute Gasteiger partial charge is 0.337 e. The van der Waals surface area contributed by atoms with Crippen LogP contribution in [0.15, 0.2) is 29.6 Å². The summed E-state index contributed by atoms with van der Waals surface area (Å²) in [5.74, 6) is 0.148. The maximum Gasteiger partial charge on any atom is 0.337 e. The van der Waals surface area contributed by atoms with E-state index in [1.807, 2.05) is 18.2 Å². The second-order valence-electron chi connectivity index (χ2n) is 4.46. The number of benzene rings is 1. The molecule has 19 heavy (non-hydrogen) atoms. The number of nitrogens with zero attached hydrogens (tertiary/aromatic N) is 1. The topological polar surface area (TPSA) is 39.2 Å². The summed E-state index contributed by atoms with van der Waals surface area (Å²) in [5.41, 5.74) is 2.63. The lowest BCUT2D eigenvalue weighted by Crippen LogP contribution is -2.00. The van der Waals surface area contributed by atoms with Gasteiger partial charge in [-0.05, 0) is 24.5 Å². The van der Waals surface area contributed by atoms with Crippen molar-refractivity contribution in [1.29, 1.82) is 0 Å². The lowest BCUT2D eigenvalue weighted by Gasteiger charge is -2.03. The Kier molecular flexibility index (Phi) is 4.32. The highest BCUT2D eigenvalue weighted by Crippen LogP contribution is 2.28. The third-order valence-electron chi connectivity index (χ3n) is 3.17. The van der Waals surface area contributed by atoms with Gasteiger partial charge >= 0.3 is 5.97 Å². The van der Waals surface area contributed by atoms with Crippen LogP contribution < -0.4 is 0 Å². The van der Waals surface area contributed by atoms with E-state index in [2.05, 4.69) is 24.2 Å². The molecule has 2 rings (SSSR count). The van der Waals surface area contributed by atoms with E-state index in [4.69, 9.17) is 4.74 Å². The zero-order chi connectivity index (χ0) is 13.8. The van der Waals surface area contributed by atoms with Crippen LogP contribution in [0.2, 0.25) is 0 Å². The first-order valence-corrected chi connectivity index (χ1v) is 7.17. The van der Waals surface area contributed by atoms with Crippen LogP contribution in [0.3, 0.4) is 0 Å². The van der Waals surface area contributed by atoms with Gasteiger partial charge in [-0.1, -0.05) is 26.0 Å². The molecule has 0 saturated carbocycles. The number of rotatable bonds is 4. The summed E-state index contributed by atoms with van der Waals surface area (Å²) in [6.45, 7) is 4.32. The first-order valence-electron chi connectivity index (χ1n) is 6.29. The van der Waals surface area contributed by atoms with E-state index in [1.54, 1.807) is 17.4 Å². The Bertz CT molecular complexity index is 577. The van der Waals surface area contributed by atoms with Crippen LogP contribution in [-0.2, 0) is 4.74 Å². The predicted molar refractivity (Wildman–Crippen MR) is 77.6 cm³/mol. The maximum atomic E-state index is 11.5. The third kappa shape index (κ3) is 3.01. The fourth-order valence-corrected chi connectivity index (χ4v) is 2.69. The summed E-state index contributed by atoms with van der Waals surface area (Å²) in [5, 5.41) is 3.04. The number of carbonyl (C=O) groups excluding carboxylic acids is 1. The van der Waals surface area contributed by atoms with Crippen LogP contribution in [0.1, 0.15) is 42.2 Å². The van der Waals surface area contributed by atoms with Gasteiger partial charge in [0.05, 0.1) is 18.4 Å². The molecule has 4 heteroatoms. The number of carbonyl (C=O) groups is 1. The molecule has 0 fully saturated rings. The monoisotopic (exact) mass is 275 g/mol. The minimum atomic E-state index is -0.319. The predicted octanol–water partition coefficient (Wildman–Crippen LogP) is 4.11. The Balaban J connectivity index is 2.31. The van der Waals surface area contributed by atoms with Crippen LogP contribution in [-0.4, -0.2) is 18.1 Å². The van der Waals surface area contributed by atoms with Gasteiger partial charge in [-0.3, -0.25) is 0 Å². The SMILES string of the molecule is CCC(C)c1csc(-c2cccc(C(=O)OC)c2)n1. The van der Waals surface area contributed by atoms with Crippen LogP contribution in [0.4, 0.5) is 0 Å². The van der Waals surface area contributed by atoms with E-state index in [0.29, 0.717) is 11.5 Å². The minimum absolute atomic E-state index is 0.319. The van der Waals surface area contributed by atoms with Crippen LogP contribution in [0.5, 0.6) is 0 Å². The summed E-state index contributed by atoms with van der Waals surface area (Å²) < 4.78 is 4.73. The standard InChI is InChI=1S/C15H17NO2S/c1-4-10(2)13-9-19-14(16-13)11-6-5-7-12(8-11)15(17)18-3/h5-10H,4H2,1-3H3. The maximum absolute atomic E-state index is 11.5. The average Bonchev–Trinajstić information content (AvgIpc) is 2.95. The molecule has 0 radical (unpaired) electrons. The second-order valence-corrected chi connectivity index (χ2v) is 5.32. The molecular formula is C15H17NO2S. The molecule has 0 aliphatic rings. The molecule has 1 unspecified atom stereocenters. The van der Waals surface area contributed by atoms with E-state index in [-0.39, 0.29) is 5.97 Å². The van der Waals surface area contributed by atoms with Crippen molar-refractivity contribution in [2.24, 2.45) is 0 Å². The lowest BCUT2D eigenvalue weighted by atomic mass is 10.1. The molecule has 0 saturated heterocycles. The average molecular weight is 275 g/mol. The molecule has 0 aliphatic carbocycles. The van der Waals surface area contributed by atoms with Gasteiger partial charge in [-0.15, -0.1) is 11.3 Å². The van der Waals surface area contributed by atoms with Gasteiger partial charge in [0.2, 0.25) is 0 Å². The number of hydrogen-bond acceptors (Lipinski definition) is 4. The Morgan fingerprint density at radius 1 is 1.47 bits per heavy atom. The largest absolute Gasteiger partial charge is 0.465 e. The fraction of sp³-hybridized carbons (Fsp3) is 0.333. The van der Waals surface area contributed by atoms with E-state index < -0.39 is 0 Å². The van der Waals surface area contributed by atoms with Gasteiger partial charge < -0.3 is 4.74 Å². The molecule has 100 valence electrons. The molecule has 0 aliphatic heterocycles. The number of ether oxygens (including phenoxy) is 1. The first kappa shape index (κ1) is 13.7. The molecular weight excluding hydrogens is 258 g/mol. The second kappa shape index (κ2) is 5.97. The van der Waals surface area contributed by atoms with Gasteiger partial charge in [0.25, 0.3) is 0 Å². The molecule has 0 N–H and O–H groups in total. The van der Waals surface area contributed by atoms with E-state index in [9.17, 15) is 4.79 Å². The minimum Gasteiger partial charge on any atom is -0.465 e. The Morgan fingerprint density at radius 3 is 2.95 bits per heavy atom. The van der Waals surface area contributed by atoms with Crippen molar-refractivity contribution in [3.63, 3.8) is 0 Å². The molecule has 0 spiro atoms. The van der Waals surface area contributed by atoms with E-state index in [1.165, 1.54) is 7.11 Å². The third-order valence-corrected chi connectivity index (χ3v) is 4.08. The molecule has 2 aromatic rings. The van der Waals surface area contributed by atoms with Crippen molar-refractivity contribution >= 4 is 17.3 Å². The quantitative estimate of drug-likeness (QED) is 0.788. The summed E-state index contributed by atoms with van der Waals surface area (Å²) in [7, 11) is 1.39. The first-order chi connectivity index (χ1) is 9.15. The lowest BCUT2D eigenvalue weighted by molar-refractivity contribution is 0.0601. The zero-order valence-electron chi connectivity index (χ0n) is 11.3. The normalized spacial score (nSPS) is 12.2. The number of methoxy groups -OCH3 is 1. The van der Waals surface area contributed by atoms with E-state index >= 15 is 0 Å². The van der Waals surface area contributed by atoms with Crippen molar-refractivity contribution in [3.05, 3.63) is 40.9 Å². The fourth-order valence-electron chi connectivity index (χ4n) is 1.75. The highest BCUT2D eigenvalue weighted by molar-refractivity contribution is 7.13. The zero-order valence-corrected chi connectivity index (χ0v) is 12.2. The number of esters is 1. The van der Waals surface area contributed by atoms with Gasteiger partial charge in [0.1, 0.15) is 5.01 Å². The van der Waals surface area contributed by atoms with Crippen molar-refractivity contribution in [1.82, 2.24) is 4.98 Å². The van der Waals surface area contributed by atoms with Crippen molar-refractivity contribution < 1.29 is 9.53 Å². The molecule has 1 aromatic carbocycles. The molecule has 1 heterocycles. The highest BCUT2D eigenvalue weighted by atomic mass is 32.1. The van der Waals surface area contributed by atoms with Crippen LogP contribution in [0, 0.1) is 0 Å². The Labute approximate surface area is 117 Å². The summed E-state index contributed by atoms with van der Waals surface area (Å²) >= 11 is 1.61. The number of thiazole rings is 1. The van der Waals surface area contributed by atoms with Crippen LogP contribution in [0.25, 0.3) is 10.6 Å². The Morgan fingerprint density at radius 2 is 2.26 bits per heavy atom. The van der Waals surface area contributed by atoms with Gasteiger partial charge in [-0.25, -0.2) is 9.78 Å². The summed E-state index contributed by atoms with van der Waals surface area (Å²) in [4.78, 5) is 16.2.